The Morgan fingerprint density at radius 2 is 2.08 bits per heavy atom. The van der Waals surface area contributed by atoms with Crippen molar-refractivity contribution >= 4 is 23.1 Å². The van der Waals surface area contributed by atoms with Crippen molar-refractivity contribution < 1.29 is 9.47 Å². The van der Waals surface area contributed by atoms with Gasteiger partial charge in [-0.15, -0.1) is 21.5 Å². The summed E-state index contributed by atoms with van der Waals surface area (Å²) in [6, 6.07) is 10.9. The van der Waals surface area contributed by atoms with Gasteiger partial charge in [-0.2, -0.15) is 0 Å². The first-order valence-corrected chi connectivity index (χ1v) is 10.2. The normalized spacial score (nSPS) is 15.7. The molecule has 0 N–H and O–H groups in total. The molecule has 25 heavy (non-hydrogen) atoms. The van der Waals surface area contributed by atoms with Gasteiger partial charge < -0.3 is 14.0 Å². The van der Waals surface area contributed by atoms with Crippen LogP contribution in [0.15, 0.2) is 40.9 Å². The molecule has 1 saturated carbocycles. The molecule has 3 heterocycles. The molecule has 0 bridgehead atoms. The second-order valence-corrected chi connectivity index (χ2v) is 8.21. The summed E-state index contributed by atoms with van der Waals surface area (Å²) in [6.45, 7) is 0.314. The Balaban J connectivity index is 1.34. The average Bonchev–Trinajstić information content (AvgIpc) is 3.04. The predicted molar refractivity (Wildman–Crippen MR) is 97.5 cm³/mol. The zero-order valence-electron chi connectivity index (χ0n) is 13.6. The molecule has 0 spiro atoms. The van der Waals surface area contributed by atoms with E-state index < -0.39 is 0 Å². The minimum absolute atomic E-state index is 0.314. The van der Waals surface area contributed by atoms with Crippen molar-refractivity contribution in [1.82, 2.24) is 14.8 Å². The molecular weight excluding hydrogens is 354 g/mol. The number of benzene rings is 1. The summed E-state index contributed by atoms with van der Waals surface area (Å²) in [5.41, 5.74) is 1.21. The fourth-order valence-corrected chi connectivity index (χ4v) is 4.64. The summed E-state index contributed by atoms with van der Waals surface area (Å²) in [4.78, 5) is 1.33. The largest absolute Gasteiger partial charge is 0.454 e. The summed E-state index contributed by atoms with van der Waals surface area (Å²) in [5.74, 6) is 3.59. The molecule has 1 aliphatic heterocycles. The van der Waals surface area contributed by atoms with Gasteiger partial charge in [0, 0.05) is 23.1 Å². The SMILES string of the molecule is c1csc(Cc2nnc(SCc3ccc4c(c3)OCO4)n2C2CC2)c1. The van der Waals surface area contributed by atoms with E-state index in [1.54, 1.807) is 23.1 Å². The van der Waals surface area contributed by atoms with Crippen LogP contribution < -0.4 is 9.47 Å². The number of rotatable bonds is 6. The molecule has 1 fully saturated rings. The van der Waals surface area contributed by atoms with Crippen LogP contribution in [0.4, 0.5) is 0 Å². The van der Waals surface area contributed by atoms with Crippen molar-refractivity contribution in [2.75, 3.05) is 6.79 Å². The Hall–Kier alpha value is -1.99. The van der Waals surface area contributed by atoms with Crippen LogP contribution in [0.1, 0.15) is 35.1 Å². The second-order valence-electron chi connectivity index (χ2n) is 6.23. The lowest BCUT2D eigenvalue weighted by molar-refractivity contribution is 0.174. The third-order valence-electron chi connectivity index (χ3n) is 4.36. The predicted octanol–water partition coefficient (Wildman–Crippen LogP) is 4.29. The summed E-state index contributed by atoms with van der Waals surface area (Å²) < 4.78 is 13.2. The van der Waals surface area contributed by atoms with Crippen molar-refractivity contribution in [2.24, 2.45) is 0 Å². The lowest BCUT2D eigenvalue weighted by Gasteiger charge is -2.08. The average molecular weight is 371 g/mol. The topological polar surface area (TPSA) is 49.2 Å². The van der Waals surface area contributed by atoms with Crippen LogP contribution >= 0.6 is 23.1 Å². The lowest BCUT2D eigenvalue weighted by atomic mass is 10.2. The number of fused-ring (bicyclic) bond motifs is 1. The Morgan fingerprint density at radius 1 is 1.16 bits per heavy atom. The van der Waals surface area contributed by atoms with E-state index in [-0.39, 0.29) is 0 Å². The van der Waals surface area contributed by atoms with Crippen molar-refractivity contribution in [3.8, 4) is 11.5 Å². The maximum Gasteiger partial charge on any atom is 0.231 e. The van der Waals surface area contributed by atoms with Gasteiger partial charge in [0.05, 0.1) is 0 Å². The molecule has 1 aromatic carbocycles. The summed E-state index contributed by atoms with van der Waals surface area (Å²) in [6.07, 6.45) is 3.33. The van der Waals surface area contributed by atoms with E-state index in [0.717, 1.165) is 34.7 Å². The minimum Gasteiger partial charge on any atom is -0.454 e. The fourth-order valence-electron chi connectivity index (χ4n) is 2.97. The molecular formula is C18H17N3O2S2. The van der Waals surface area contributed by atoms with E-state index >= 15 is 0 Å². The highest BCUT2D eigenvalue weighted by molar-refractivity contribution is 7.98. The van der Waals surface area contributed by atoms with Crippen molar-refractivity contribution in [2.45, 2.75) is 36.2 Å². The van der Waals surface area contributed by atoms with Crippen molar-refractivity contribution in [1.29, 1.82) is 0 Å². The Morgan fingerprint density at radius 3 is 2.92 bits per heavy atom. The highest BCUT2D eigenvalue weighted by Crippen LogP contribution is 2.40. The second kappa shape index (κ2) is 6.38. The van der Waals surface area contributed by atoms with Crippen LogP contribution in [-0.4, -0.2) is 21.6 Å². The first-order chi connectivity index (χ1) is 12.4. The molecule has 128 valence electrons. The number of ether oxygens (including phenoxy) is 2. The van der Waals surface area contributed by atoms with Gasteiger partial charge in [0.15, 0.2) is 16.7 Å². The third kappa shape index (κ3) is 3.14. The van der Waals surface area contributed by atoms with Gasteiger partial charge in [-0.1, -0.05) is 23.9 Å². The number of nitrogens with zero attached hydrogens (tertiary/aromatic N) is 3. The maximum atomic E-state index is 5.46. The van der Waals surface area contributed by atoms with Crippen LogP contribution in [0.2, 0.25) is 0 Å². The molecule has 5 rings (SSSR count). The summed E-state index contributed by atoms with van der Waals surface area (Å²) in [5, 5.41) is 12.1. The molecule has 3 aromatic rings. The molecule has 0 saturated heterocycles. The first-order valence-electron chi connectivity index (χ1n) is 8.34. The maximum absolute atomic E-state index is 5.46. The Bertz CT molecular complexity index is 888. The standard InChI is InChI=1S/C18H17N3O2S2/c1-2-14(24-7-1)9-17-19-20-18(21(17)13-4-5-13)25-10-12-3-6-15-16(8-12)23-11-22-15/h1-3,6-8,13H,4-5,9-11H2. The molecule has 0 atom stereocenters. The molecule has 2 aliphatic rings. The van der Waals surface area contributed by atoms with Gasteiger partial charge in [0.25, 0.3) is 0 Å². The van der Waals surface area contributed by atoms with Gasteiger partial charge in [-0.3, -0.25) is 0 Å². The smallest absolute Gasteiger partial charge is 0.231 e. The van der Waals surface area contributed by atoms with E-state index in [4.69, 9.17) is 9.47 Å². The van der Waals surface area contributed by atoms with Crippen molar-refractivity contribution in [3.63, 3.8) is 0 Å². The monoisotopic (exact) mass is 371 g/mol. The molecule has 0 amide bonds. The number of hydrogen-bond donors (Lipinski definition) is 0. The first kappa shape index (κ1) is 15.3. The number of hydrogen-bond acceptors (Lipinski definition) is 6. The van der Waals surface area contributed by atoms with E-state index in [0.29, 0.717) is 12.8 Å². The molecule has 0 radical (unpaired) electrons. The van der Waals surface area contributed by atoms with Gasteiger partial charge in [0.2, 0.25) is 6.79 Å². The third-order valence-corrected chi connectivity index (χ3v) is 6.26. The molecule has 5 nitrogen and oxygen atoms in total. The van der Waals surface area contributed by atoms with E-state index in [1.807, 2.05) is 6.07 Å². The quantitative estimate of drug-likeness (QED) is 0.605. The van der Waals surface area contributed by atoms with Crippen LogP contribution in [0.25, 0.3) is 0 Å². The van der Waals surface area contributed by atoms with Gasteiger partial charge in [0.1, 0.15) is 5.82 Å². The molecule has 1 aliphatic carbocycles. The number of thioether (sulfide) groups is 1. The van der Waals surface area contributed by atoms with E-state index in [1.165, 1.54) is 23.3 Å². The van der Waals surface area contributed by atoms with Gasteiger partial charge in [-0.25, -0.2) is 0 Å². The molecule has 0 unspecified atom stereocenters. The lowest BCUT2D eigenvalue weighted by Crippen LogP contribution is -2.03. The van der Waals surface area contributed by atoms with E-state index in [9.17, 15) is 0 Å². The fraction of sp³-hybridized carbons (Fsp3) is 0.333. The minimum atomic E-state index is 0.314. The summed E-state index contributed by atoms with van der Waals surface area (Å²) in [7, 11) is 0. The van der Waals surface area contributed by atoms with Gasteiger partial charge >= 0.3 is 0 Å². The van der Waals surface area contributed by atoms with Crippen LogP contribution in [0.3, 0.4) is 0 Å². The highest BCUT2D eigenvalue weighted by atomic mass is 32.2. The van der Waals surface area contributed by atoms with Crippen molar-refractivity contribution in [3.05, 3.63) is 52.0 Å². The zero-order chi connectivity index (χ0) is 16.6. The Labute approximate surface area is 154 Å². The van der Waals surface area contributed by atoms with Crippen LogP contribution in [0.5, 0.6) is 11.5 Å². The van der Waals surface area contributed by atoms with Crippen LogP contribution in [0, 0.1) is 0 Å². The zero-order valence-corrected chi connectivity index (χ0v) is 15.2. The van der Waals surface area contributed by atoms with Gasteiger partial charge in [-0.05, 0) is 42.0 Å². The number of aromatic nitrogens is 3. The molecule has 2 aromatic heterocycles. The van der Waals surface area contributed by atoms with E-state index in [2.05, 4.69) is 44.4 Å². The highest BCUT2D eigenvalue weighted by Gasteiger charge is 2.29. The van der Waals surface area contributed by atoms with Crippen LogP contribution in [-0.2, 0) is 12.2 Å². The number of thiophene rings is 1. The Kier molecular flexibility index (Phi) is 3.90. The molecule has 7 heteroatoms. The summed E-state index contributed by atoms with van der Waals surface area (Å²) >= 11 is 3.52.